The van der Waals surface area contributed by atoms with Crippen LogP contribution in [0.2, 0.25) is 0 Å². The fourth-order valence-electron chi connectivity index (χ4n) is 4.76. The third kappa shape index (κ3) is 20.3. The standard InChI is InChI=1S/C30H59O5PS/c1-3-5-7-9-11-13-15-17-19-21-25-33-36(26-22-20-18-16-14-12-10-8-6-4-2)34-29(31)23-27-37-28-24-30(32)35-36/h36H,3-28H2,1-2H3. The van der Waals surface area contributed by atoms with Crippen molar-refractivity contribution >= 4 is 31.6 Å². The SMILES string of the molecule is CCCCCCCCCCCCO[PH]1(CCCCCCCCCCCC)OC(=O)CCSCCC(=O)O1. The van der Waals surface area contributed by atoms with Crippen LogP contribution >= 0.6 is 19.7 Å². The van der Waals surface area contributed by atoms with Gasteiger partial charge in [-0.3, -0.25) is 0 Å². The molecular weight excluding hydrogens is 503 g/mol. The van der Waals surface area contributed by atoms with Crippen LogP contribution in [-0.2, 0) is 23.2 Å². The molecule has 1 saturated heterocycles. The minimum atomic E-state index is -3.34. The van der Waals surface area contributed by atoms with Gasteiger partial charge in [-0.05, 0) is 0 Å². The van der Waals surface area contributed by atoms with Crippen LogP contribution in [0.4, 0.5) is 0 Å². The van der Waals surface area contributed by atoms with Crippen molar-refractivity contribution in [1.82, 2.24) is 0 Å². The maximum absolute atomic E-state index is 12.5. The normalized spacial score (nSPS) is 17.2. The van der Waals surface area contributed by atoms with E-state index in [4.69, 9.17) is 13.6 Å². The third-order valence-electron chi connectivity index (χ3n) is 7.10. The average molecular weight is 563 g/mol. The van der Waals surface area contributed by atoms with Crippen molar-refractivity contribution in [3.63, 3.8) is 0 Å². The van der Waals surface area contributed by atoms with Crippen molar-refractivity contribution < 1.29 is 23.2 Å². The van der Waals surface area contributed by atoms with E-state index < -0.39 is 7.94 Å². The Bertz CT molecular complexity index is 540. The first kappa shape index (κ1) is 34.7. The molecule has 0 atom stereocenters. The van der Waals surface area contributed by atoms with Gasteiger partial charge in [0.15, 0.2) is 0 Å². The summed E-state index contributed by atoms with van der Waals surface area (Å²) in [6.45, 7) is 5.02. The van der Waals surface area contributed by atoms with Gasteiger partial charge in [0.05, 0.1) is 0 Å². The Morgan fingerprint density at radius 1 is 0.595 bits per heavy atom. The van der Waals surface area contributed by atoms with E-state index in [1.54, 1.807) is 11.8 Å². The van der Waals surface area contributed by atoms with E-state index in [0.717, 1.165) is 25.7 Å². The van der Waals surface area contributed by atoms with Crippen LogP contribution < -0.4 is 0 Å². The third-order valence-corrected chi connectivity index (χ3v) is 10.8. The molecule has 0 spiro atoms. The Morgan fingerprint density at radius 3 is 1.41 bits per heavy atom. The molecule has 5 nitrogen and oxygen atoms in total. The summed E-state index contributed by atoms with van der Waals surface area (Å²) >= 11 is 1.60. The Balaban J connectivity index is 2.42. The molecule has 1 rings (SSSR count). The van der Waals surface area contributed by atoms with E-state index in [-0.39, 0.29) is 11.9 Å². The molecule has 0 amide bonds. The molecule has 0 aromatic carbocycles. The zero-order valence-electron chi connectivity index (χ0n) is 24.3. The average Bonchev–Trinajstić information content (AvgIpc) is 2.88. The first-order valence-corrected chi connectivity index (χ1v) is 18.9. The van der Waals surface area contributed by atoms with Gasteiger partial charge in [0.25, 0.3) is 0 Å². The molecule has 1 fully saturated rings. The molecule has 0 saturated carbocycles. The summed E-state index contributed by atoms with van der Waals surface area (Å²) in [7, 11) is -3.34. The number of hydrogen-bond donors (Lipinski definition) is 0. The number of thioether (sulfide) groups is 1. The second-order valence-electron chi connectivity index (χ2n) is 10.7. The molecule has 37 heavy (non-hydrogen) atoms. The topological polar surface area (TPSA) is 61.8 Å². The second-order valence-corrected chi connectivity index (χ2v) is 14.5. The molecular formula is C30H59O5PS. The van der Waals surface area contributed by atoms with Gasteiger partial charge in [-0.2, -0.15) is 0 Å². The maximum atomic E-state index is 12.5. The number of rotatable bonds is 23. The van der Waals surface area contributed by atoms with Crippen LogP contribution in [0.25, 0.3) is 0 Å². The first-order valence-electron chi connectivity index (χ1n) is 15.8. The van der Waals surface area contributed by atoms with Gasteiger partial charge < -0.3 is 0 Å². The van der Waals surface area contributed by atoms with Crippen molar-refractivity contribution in [2.45, 2.75) is 155 Å². The molecule has 0 N–H and O–H groups in total. The Labute approximate surface area is 233 Å². The molecule has 0 aliphatic carbocycles. The van der Waals surface area contributed by atoms with Gasteiger partial charge in [0, 0.05) is 0 Å². The van der Waals surface area contributed by atoms with E-state index in [9.17, 15) is 9.59 Å². The van der Waals surface area contributed by atoms with E-state index in [2.05, 4.69) is 13.8 Å². The predicted molar refractivity (Wildman–Crippen MR) is 162 cm³/mol. The summed E-state index contributed by atoms with van der Waals surface area (Å²) in [6.07, 6.45) is 26.2. The molecule has 1 heterocycles. The molecule has 0 unspecified atom stereocenters. The van der Waals surface area contributed by atoms with Crippen LogP contribution in [-0.4, -0.2) is 36.2 Å². The zero-order valence-corrected chi connectivity index (χ0v) is 26.2. The number of carbonyl (C=O) groups excluding carboxylic acids is 2. The molecule has 7 heteroatoms. The Kier molecular flexibility index (Phi) is 23.2. The van der Waals surface area contributed by atoms with E-state index in [1.165, 1.54) is 103 Å². The van der Waals surface area contributed by atoms with Crippen LogP contribution in [0.1, 0.15) is 155 Å². The number of hydrogen-bond acceptors (Lipinski definition) is 6. The van der Waals surface area contributed by atoms with Crippen LogP contribution in [0, 0.1) is 0 Å². The predicted octanol–water partition coefficient (Wildman–Crippen LogP) is 9.95. The summed E-state index contributed by atoms with van der Waals surface area (Å²) in [4.78, 5) is 25.1. The van der Waals surface area contributed by atoms with Gasteiger partial charge in [0.1, 0.15) is 0 Å². The number of unbranched alkanes of at least 4 members (excludes halogenated alkanes) is 18. The molecule has 0 bridgehead atoms. The van der Waals surface area contributed by atoms with Crippen LogP contribution in [0.3, 0.4) is 0 Å². The van der Waals surface area contributed by atoms with Crippen molar-refractivity contribution in [1.29, 1.82) is 0 Å². The molecule has 1 aliphatic rings. The van der Waals surface area contributed by atoms with Crippen molar-refractivity contribution in [2.24, 2.45) is 0 Å². The molecule has 0 radical (unpaired) electrons. The fraction of sp³-hybridized carbons (Fsp3) is 0.933. The van der Waals surface area contributed by atoms with Crippen molar-refractivity contribution in [3.8, 4) is 0 Å². The van der Waals surface area contributed by atoms with Gasteiger partial charge in [-0.1, -0.05) is 6.92 Å². The van der Waals surface area contributed by atoms with Crippen LogP contribution in [0.15, 0.2) is 0 Å². The van der Waals surface area contributed by atoms with Crippen LogP contribution in [0.5, 0.6) is 0 Å². The molecule has 1 aliphatic heterocycles. The summed E-state index contributed by atoms with van der Waals surface area (Å²) < 4.78 is 18.0. The van der Waals surface area contributed by atoms with Gasteiger partial charge in [-0.15, -0.1) is 0 Å². The van der Waals surface area contributed by atoms with E-state index in [1.807, 2.05) is 0 Å². The summed E-state index contributed by atoms with van der Waals surface area (Å²) in [6, 6.07) is 0. The fourth-order valence-corrected chi connectivity index (χ4v) is 8.13. The summed E-state index contributed by atoms with van der Waals surface area (Å²) in [5, 5.41) is 0. The monoisotopic (exact) mass is 562 g/mol. The van der Waals surface area contributed by atoms with Crippen molar-refractivity contribution in [3.05, 3.63) is 0 Å². The summed E-state index contributed by atoms with van der Waals surface area (Å²) in [5.74, 6) is 0.827. The van der Waals surface area contributed by atoms with E-state index in [0.29, 0.717) is 37.1 Å². The van der Waals surface area contributed by atoms with Gasteiger partial charge >= 0.3 is 227 Å². The van der Waals surface area contributed by atoms with Crippen molar-refractivity contribution in [2.75, 3.05) is 24.3 Å². The number of carbonyl (C=O) groups is 2. The van der Waals surface area contributed by atoms with E-state index >= 15 is 0 Å². The minimum absolute atomic E-state index is 0.274. The first-order chi connectivity index (χ1) is 18.1. The molecule has 220 valence electrons. The quantitative estimate of drug-likeness (QED) is 0.0912. The van der Waals surface area contributed by atoms with Gasteiger partial charge in [-0.25, -0.2) is 0 Å². The Morgan fingerprint density at radius 2 is 0.973 bits per heavy atom. The second kappa shape index (κ2) is 24.7. The zero-order chi connectivity index (χ0) is 26.9. The summed E-state index contributed by atoms with van der Waals surface area (Å²) in [5.41, 5.74) is 0. The van der Waals surface area contributed by atoms with Gasteiger partial charge in [0.2, 0.25) is 0 Å². The molecule has 0 aromatic heterocycles. The molecule has 0 aromatic rings. The Hall–Kier alpha value is -0.320.